The molecule has 3 nitrogen and oxygen atoms in total. The first-order valence-corrected chi connectivity index (χ1v) is 8.18. The quantitative estimate of drug-likeness (QED) is 0.807. The Morgan fingerprint density at radius 2 is 1.71 bits per heavy atom. The lowest BCUT2D eigenvalue weighted by Gasteiger charge is -2.03. The summed E-state index contributed by atoms with van der Waals surface area (Å²) in [5.41, 5.74) is 0.917. The van der Waals surface area contributed by atoms with Crippen molar-refractivity contribution in [3.05, 3.63) is 70.8 Å². The normalized spacial score (nSPS) is 11.9. The van der Waals surface area contributed by atoms with E-state index in [1.54, 1.807) is 48.5 Å². The molecular weight excluding hydrogens is 306 g/mol. The summed E-state index contributed by atoms with van der Waals surface area (Å²) < 4.78 is 24.5. The van der Waals surface area contributed by atoms with Gasteiger partial charge in [0.15, 0.2) is 9.84 Å². The van der Waals surface area contributed by atoms with Gasteiger partial charge in [0.2, 0.25) is 0 Å². The second kappa shape index (κ2) is 6.57. The van der Waals surface area contributed by atoms with Crippen LogP contribution in [0.25, 0.3) is 6.08 Å². The summed E-state index contributed by atoms with van der Waals surface area (Å²) >= 11 is 5.79. The minimum atomic E-state index is -3.52. The average Bonchev–Trinajstić information content (AvgIpc) is 2.49. The third-order valence-electron chi connectivity index (χ3n) is 2.80. The van der Waals surface area contributed by atoms with Gasteiger partial charge >= 0.3 is 0 Å². The lowest BCUT2D eigenvalue weighted by Crippen LogP contribution is -2.08. The molecular formula is C16H12ClNO2S. The number of nitrogens with zero attached hydrogens (tertiary/aromatic N) is 1. The largest absolute Gasteiger partial charge is 0.223 e. The highest BCUT2D eigenvalue weighted by molar-refractivity contribution is 7.91. The Kier molecular flexibility index (Phi) is 4.79. The van der Waals surface area contributed by atoms with Crippen molar-refractivity contribution >= 4 is 27.5 Å². The van der Waals surface area contributed by atoms with Crippen molar-refractivity contribution in [2.75, 3.05) is 5.75 Å². The molecule has 106 valence electrons. The van der Waals surface area contributed by atoms with Crippen molar-refractivity contribution in [2.24, 2.45) is 0 Å². The molecule has 0 spiro atoms. The molecule has 0 unspecified atom stereocenters. The smallest absolute Gasteiger partial charge is 0.183 e. The van der Waals surface area contributed by atoms with Crippen LogP contribution in [0.15, 0.2) is 65.1 Å². The zero-order chi connectivity index (χ0) is 15.3. The molecule has 2 rings (SSSR count). The van der Waals surface area contributed by atoms with Crippen LogP contribution in [-0.2, 0) is 9.84 Å². The van der Waals surface area contributed by atoms with E-state index >= 15 is 0 Å². The van der Waals surface area contributed by atoms with Gasteiger partial charge in [0, 0.05) is 10.6 Å². The Labute approximate surface area is 129 Å². The van der Waals surface area contributed by atoms with E-state index in [4.69, 9.17) is 16.9 Å². The van der Waals surface area contributed by atoms with Gasteiger partial charge in [-0.15, -0.1) is 0 Å². The Morgan fingerprint density at radius 1 is 1.10 bits per heavy atom. The maximum absolute atomic E-state index is 12.2. The SMILES string of the molecule is N#C/C(=C\c1ccc(Cl)cc1)CS(=O)(=O)c1ccccc1. The van der Waals surface area contributed by atoms with Gasteiger partial charge in [-0.2, -0.15) is 5.26 Å². The van der Waals surface area contributed by atoms with Crippen molar-refractivity contribution in [1.29, 1.82) is 5.26 Å². The minimum Gasteiger partial charge on any atom is -0.223 e. The summed E-state index contributed by atoms with van der Waals surface area (Å²) in [7, 11) is -3.52. The Morgan fingerprint density at radius 3 is 2.29 bits per heavy atom. The first-order valence-electron chi connectivity index (χ1n) is 6.15. The maximum atomic E-state index is 12.2. The van der Waals surface area contributed by atoms with Gasteiger partial charge in [0.25, 0.3) is 0 Å². The van der Waals surface area contributed by atoms with Gasteiger partial charge in [0.05, 0.1) is 16.7 Å². The van der Waals surface area contributed by atoms with Crippen LogP contribution in [0.1, 0.15) is 5.56 Å². The Hall–Kier alpha value is -2.09. The van der Waals surface area contributed by atoms with Crippen LogP contribution in [0.3, 0.4) is 0 Å². The zero-order valence-corrected chi connectivity index (χ0v) is 12.6. The average molecular weight is 318 g/mol. The second-order valence-corrected chi connectivity index (χ2v) is 6.83. The summed E-state index contributed by atoms with van der Waals surface area (Å²) in [4.78, 5) is 0.210. The van der Waals surface area contributed by atoms with Gasteiger partial charge in [-0.1, -0.05) is 41.9 Å². The van der Waals surface area contributed by atoms with Crippen molar-refractivity contribution in [1.82, 2.24) is 0 Å². The number of halogens is 1. The van der Waals surface area contributed by atoms with Crippen molar-refractivity contribution in [3.63, 3.8) is 0 Å². The molecule has 0 aromatic heterocycles. The summed E-state index contributed by atoms with van der Waals surface area (Å²) in [5.74, 6) is -0.323. The molecule has 0 saturated heterocycles. The van der Waals surface area contributed by atoms with Gasteiger partial charge < -0.3 is 0 Å². The van der Waals surface area contributed by atoms with Crippen LogP contribution in [0.4, 0.5) is 0 Å². The lowest BCUT2D eigenvalue weighted by molar-refractivity contribution is 0.598. The third kappa shape index (κ3) is 4.19. The minimum absolute atomic E-state index is 0.182. The molecule has 0 amide bonds. The molecule has 5 heteroatoms. The maximum Gasteiger partial charge on any atom is 0.183 e. The number of sulfone groups is 1. The fraction of sp³-hybridized carbons (Fsp3) is 0.0625. The predicted octanol–water partition coefficient (Wildman–Crippen LogP) is 3.72. The number of rotatable bonds is 4. The fourth-order valence-corrected chi connectivity index (χ4v) is 3.20. The molecule has 0 aliphatic carbocycles. The summed E-state index contributed by atoms with van der Waals surface area (Å²) in [6.45, 7) is 0. The Balaban J connectivity index is 2.28. The number of benzene rings is 2. The van der Waals surface area contributed by atoms with Crippen molar-refractivity contribution < 1.29 is 8.42 Å². The molecule has 0 radical (unpaired) electrons. The third-order valence-corrected chi connectivity index (χ3v) is 4.74. The first-order chi connectivity index (χ1) is 10.0. The van der Waals surface area contributed by atoms with E-state index in [0.717, 1.165) is 5.56 Å². The number of hydrogen-bond donors (Lipinski definition) is 0. The molecule has 0 bridgehead atoms. The molecule has 0 atom stereocenters. The highest BCUT2D eigenvalue weighted by Crippen LogP contribution is 2.16. The van der Waals surface area contributed by atoms with Crippen molar-refractivity contribution in [2.45, 2.75) is 4.90 Å². The molecule has 0 aliphatic rings. The predicted molar refractivity (Wildman–Crippen MR) is 83.5 cm³/mol. The van der Waals surface area contributed by atoms with Crippen LogP contribution in [0.2, 0.25) is 5.02 Å². The summed E-state index contributed by atoms with van der Waals surface area (Å²) in [6.07, 6.45) is 1.55. The molecule has 0 aliphatic heterocycles. The monoisotopic (exact) mass is 317 g/mol. The van der Waals surface area contributed by atoms with E-state index in [0.29, 0.717) is 5.02 Å². The van der Waals surface area contributed by atoms with Crippen LogP contribution < -0.4 is 0 Å². The molecule has 0 saturated carbocycles. The fourth-order valence-electron chi connectivity index (χ4n) is 1.78. The van der Waals surface area contributed by atoms with E-state index in [1.807, 2.05) is 6.07 Å². The van der Waals surface area contributed by atoms with Crippen molar-refractivity contribution in [3.8, 4) is 6.07 Å². The standard InChI is InChI=1S/C16H12ClNO2S/c17-15-8-6-13(7-9-15)10-14(11-18)12-21(19,20)16-4-2-1-3-5-16/h1-10H,12H2/b14-10+. The van der Waals surface area contributed by atoms with E-state index in [1.165, 1.54) is 12.1 Å². The summed E-state index contributed by atoms with van der Waals surface area (Å²) in [5, 5.41) is 9.73. The number of nitriles is 1. The molecule has 0 fully saturated rings. The van der Waals surface area contributed by atoms with Gasteiger partial charge in [-0.25, -0.2) is 8.42 Å². The van der Waals surface area contributed by atoms with E-state index < -0.39 is 9.84 Å². The second-order valence-electron chi connectivity index (χ2n) is 4.41. The van der Waals surface area contributed by atoms with Gasteiger partial charge in [-0.3, -0.25) is 0 Å². The zero-order valence-electron chi connectivity index (χ0n) is 11.0. The molecule has 0 heterocycles. The van der Waals surface area contributed by atoms with Crippen LogP contribution >= 0.6 is 11.6 Å². The lowest BCUT2D eigenvalue weighted by atomic mass is 10.1. The van der Waals surface area contributed by atoms with Crippen LogP contribution in [0.5, 0.6) is 0 Å². The summed E-state index contributed by atoms with van der Waals surface area (Å²) in [6, 6.07) is 16.9. The molecule has 0 N–H and O–H groups in total. The van der Waals surface area contributed by atoms with E-state index in [9.17, 15) is 8.42 Å². The number of hydrogen-bond acceptors (Lipinski definition) is 3. The highest BCUT2D eigenvalue weighted by Gasteiger charge is 2.16. The molecule has 2 aromatic carbocycles. The Bertz CT molecular complexity index is 788. The molecule has 21 heavy (non-hydrogen) atoms. The topological polar surface area (TPSA) is 57.9 Å². The van der Waals surface area contributed by atoms with Gasteiger partial charge in [0.1, 0.15) is 0 Å². The highest BCUT2D eigenvalue weighted by atomic mass is 35.5. The van der Waals surface area contributed by atoms with Crippen LogP contribution in [0, 0.1) is 11.3 Å². The van der Waals surface area contributed by atoms with Gasteiger partial charge in [-0.05, 0) is 35.9 Å². The van der Waals surface area contributed by atoms with E-state index in [-0.39, 0.29) is 16.2 Å². The van der Waals surface area contributed by atoms with E-state index in [2.05, 4.69) is 0 Å². The van der Waals surface area contributed by atoms with Crippen LogP contribution in [-0.4, -0.2) is 14.2 Å². The first kappa shape index (κ1) is 15.3. The molecule has 2 aromatic rings.